The topological polar surface area (TPSA) is 79.8 Å². The summed E-state index contributed by atoms with van der Waals surface area (Å²) in [6, 6.07) is 0.423. The minimum atomic E-state index is -0.711. The monoisotopic (exact) mass is 312 g/mol. The lowest BCUT2D eigenvalue weighted by Gasteiger charge is -2.35. The molecule has 1 aromatic rings. The van der Waals surface area contributed by atoms with Crippen molar-refractivity contribution in [3.8, 4) is 0 Å². The predicted molar refractivity (Wildman–Crippen MR) is 84.8 cm³/mol. The minimum absolute atomic E-state index is 0.379. The van der Waals surface area contributed by atoms with Crippen molar-refractivity contribution < 1.29 is 0 Å². The number of nitrogens with one attached hydrogen (secondary N) is 2. The molecule has 0 bridgehead atoms. The molecule has 0 radical (unpaired) electrons. The van der Waals surface area contributed by atoms with Gasteiger partial charge in [0.1, 0.15) is 0 Å². The fourth-order valence-corrected chi connectivity index (χ4v) is 4.46. The summed E-state index contributed by atoms with van der Waals surface area (Å²) in [6.07, 6.45) is 6.00. The average Bonchev–Trinajstić information content (AvgIpc) is 2.45. The van der Waals surface area contributed by atoms with E-state index in [1.807, 2.05) is 7.05 Å². The Morgan fingerprint density at radius 2 is 2.19 bits per heavy atom. The number of hydrogen-bond donors (Lipinski definition) is 2. The average molecular weight is 312 g/mol. The quantitative estimate of drug-likeness (QED) is 0.796. The molecule has 1 aromatic heterocycles. The van der Waals surface area contributed by atoms with Gasteiger partial charge in [0.15, 0.2) is 5.16 Å². The van der Waals surface area contributed by atoms with E-state index in [1.54, 1.807) is 23.5 Å². The SMILES string of the molecule is CCCC1CCC(NC)C(Sc2nc(=O)c(=O)[nH]n2C)C1. The number of aromatic nitrogens is 3. The number of thioether (sulfide) groups is 1. The molecule has 1 aliphatic rings. The molecule has 1 saturated carbocycles. The van der Waals surface area contributed by atoms with E-state index in [9.17, 15) is 9.59 Å². The lowest BCUT2D eigenvalue weighted by Crippen LogP contribution is -2.41. The molecule has 1 fully saturated rings. The van der Waals surface area contributed by atoms with Crippen molar-refractivity contribution >= 4 is 11.8 Å². The number of aryl methyl sites for hydroxylation is 1. The molecule has 2 N–H and O–H groups in total. The van der Waals surface area contributed by atoms with Crippen LogP contribution in [0.25, 0.3) is 0 Å². The highest BCUT2D eigenvalue weighted by Gasteiger charge is 2.30. The standard InChI is InChI=1S/C14H24N4O2S/c1-4-5-9-6-7-10(15-2)11(8-9)21-14-16-12(19)13(20)17-18(14)3/h9-11,15H,4-8H2,1-3H3,(H,17,20). The van der Waals surface area contributed by atoms with E-state index in [0.717, 1.165) is 18.8 Å². The summed E-state index contributed by atoms with van der Waals surface area (Å²) in [6.45, 7) is 2.22. The summed E-state index contributed by atoms with van der Waals surface area (Å²) in [7, 11) is 3.70. The largest absolute Gasteiger partial charge is 0.339 e. The Kier molecular flexibility index (Phi) is 5.64. The molecular weight excluding hydrogens is 288 g/mol. The van der Waals surface area contributed by atoms with Crippen LogP contribution in [-0.2, 0) is 7.05 Å². The number of rotatable bonds is 5. The van der Waals surface area contributed by atoms with Gasteiger partial charge in [-0.1, -0.05) is 31.5 Å². The first-order chi connectivity index (χ1) is 10.0. The summed E-state index contributed by atoms with van der Waals surface area (Å²) in [5, 5.41) is 6.85. The zero-order valence-electron chi connectivity index (χ0n) is 12.9. The van der Waals surface area contributed by atoms with E-state index in [2.05, 4.69) is 22.3 Å². The van der Waals surface area contributed by atoms with Gasteiger partial charge >= 0.3 is 11.1 Å². The van der Waals surface area contributed by atoms with Crippen molar-refractivity contribution in [1.29, 1.82) is 0 Å². The van der Waals surface area contributed by atoms with Crippen LogP contribution in [0.2, 0.25) is 0 Å². The number of aromatic amines is 1. The van der Waals surface area contributed by atoms with E-state index in [4.69, 9.17) is 0 Å². The van der Waals surface area contributed by atoms with Crippen molar-refractivity contribution in [2.75, 3.05) is 7.05 Å². The van der Waals surface area contributed by atoms with Crippen molar-refractivity contribution in [2.45, 2.75) is 55.5 Å². The Hall–Kier alpha value is -1.08. The van der Waals surface area contributed by atoms with Crippen LogP contribution < -0.4 is 16.4 Å². The Morgan fingerprint density at radius 3 is 2.86 bits per heavy atom. The van der Waals surface area contributed by atoms with Gasteiger partial charge in [0.25, 0.3) is 0 Å². The molecule has 0 amide bonds. The highest BCUT2D eigenvalue weighted by molar-refractivity contribution is 7.99. The van der Waals surface area contributed by atoms with E-state index in [1.165, 1.54) is 19.3 Å². The van der Waals surface area contributed by atoms with Crippen LogP contribution in [0, 0.1) is 5.92 Å². The van der Waals surface area contributed by atoms with Crippen molar-refractivity contribution in [3.05, 3.63) is 20.7 Å². The highest BCUT2D eigenvalue weighted by Crippen LogP contribution is 2.36. The van der Waals surface area contributed by atoms with Crippen LogP contribution in [-0.4, -0.2) is 33.1 Å². The van der Waals surface area contributed by atoms with E-state index in [0.29, 0.717) is 16.4 Å². The molecule has 0 saturated heterocycles. The lowest BCUT2D eigenvalue weighted by atomic mass is 9.83. The third-order valence-corrected chi connectivity index (χ3v) is 5.57. The van der Waals surface area contributed by atoms with Crippen LogP contribution in [0.4, 0.5) is 0 Å². The van der Waals surface area contributed by atoms with Gasteiger partial charge in [-0.15, -0.1) is 0 Å². The first-order valence-electron chi connectivity index (χ1n) is 7.56. The van der Waals surface area contributed by atoms with Crippen LogP contribution in [0.15, 0.2) is 14.7 Å². The molecule has 0 aliphatic heterocycles. The van der Waals surface area contributed by atoms with Gasteiger partial charge in [-0.05, 0) is 32.2 Å². The molecule has 118 valence electrons. The van der Waals surface area contributed by atoms with Gasteiger partial charge in [0.2, 0.25) is 0 Å². The summed E-state index contributed by atoms with van der Waals surface area (Å²) in [5.74, 6) is 0.747. The predicted octanol–water partition coefficient (Wildman–Crippen LogP) is 1.12. The normalized spacial score (nSPS) is 26.0. The molecule has 1 aliphatic carbocycles. The minimum Gasteiger partial charge on any atom is -0.316 e. The van der Waals surface area contributed by atoms with Gasteiger partial charge in [-0.2, -0.15) is 4.98 Å². The number of nitrogens with zero attached hydrogens (tertiary/aromatic N) is 2. The maximum absolute atomic E-state index is 11.5. The van der Waals surface area contributed by atoms with Crippen molar-refractivity contribution in [2.24, 2.45) is 13.0 Å². The van der Waals surface area contributed by atoms with Crippen LogP contribution >= 0.6 is 11.8 Å². The smallest absolute Gasteiger partial charge is 0.316 e. The fourth-order valence-electron chi connectivity index (χ4n) is 3.04. The van der Waals surface area contributed by atoms with Crippen LogP contribution in [0.1, 0.15) is 39.0 Å². The molecule has 7 heteroatoms. The molecule has 2 rings (SSSR count). The first kappa shape index (κ1) is 16.3. The van der Waals surface area contributed by atoms with E-state index < -0.39 is 11.1 Å². The summed E-state index contributed by atoms with van der Waals surface area (Å²) >= 11 is 1.60. The van der Waals surface area contributed by atoms with Gasteiger partial charge < -0.3 is 5.32 Å². The Balaban J connectivity index is 2.16. The molecular formula is C14H24N4O2S. The van der Waals surface area contributed by atoms with Crippen LogP contribution in [0.3, 0.4) is 0 Å². The molecule has 3 unspecified atom stereocenters. The van der Waals surface area contributed by atoms with Gasteiger partial charge in [0, 0.05) is 18.3 Å². The second-order valence-corrected chi connectivity index (χ2v) is 6.93. The molecule has 6 nitrogen and oxygen atoms in total. The third kappa shape index (κ3) is 3.97. The Morgan fingerprint density at radius 1 is 1.43 bits per heavy atom. The maximum Gasteiger partial charge on any atom is 0.339 e. The van der Waals surface area contributed by atoms with Crippen molar-refractivity contribution in [3.63, 3.8) is 0 Å². The third-order valence-electron chi connectivity index (χ3n) is 4.17. The number of hydrogen-bond acceptors (Lipinski definition) is 5. The summed E-state index contributed by atoms with van der Waals surface area (Å²) in [4.78, 5) is 26.6. The van der Waals surface area contributed by atoms with Crippen LogP contribution in [0.5, 0.6) is 0 Å². The van der Waals surface area contributed by atoms with E-state index >= 15 is 0 Å². The number of H-pyrrole nitrogens is 1. The van der Waals surface area contributed by atoms with Gasteiger partial charge in [-0.3, -0.25) is 19.4 Å². The molecule has 0 spiro atoms. The van der Waals surface area contributed by atoms with Gasteiger partial charge in [0.05, 0.1) is 0 Å². The molecule has 1 heterocycles. The second kappa shape index (κ2) is 7.26. The zero-order valence-corrected chi connectivity index (χ0v) is 13.7. The second-order valence-electron chi connectivity index (χ2n) is 5.72. The molecule has 3 atom stereocenters. The zero-order chi connectivity index (χ0) is 15.4. The molecule has 21 heavy (non-hydrogen) atoms. The van der Waals surface area contributed by atoms with Gasteiger partial charge in [-0.25, -0.2) is 0 Å². The highest BCUT2D eigenvalue weighted by atomic mass is 32.2. The van der Waals surface area contributed by atoms with Crippen molar-refractivity contribution in [1.82, 2.24) is 20.1 Å². The fraction of sp³-hybridized carbons (Fsp3) is 0.786. The molecule has 0 aromatic carbocycles. The Labute approximate surface area is 128 Å². The summed E-state index contributed by atoms with van der Waals surface area (Å²) in [5.41, 5.74) is -1.38. The van der Waals surface area contributed by atoms with E-state index in [-0.39, 0.29) is 0 Å². The lowest BCUT2D eigenvalue weighted by molar-refractivity contribution is 0.295. The summed E-state index contributed by atoms with van der Waals surface area (Å²) < 4.78 is 1.55. The maximum atomic E-state index is 11.5. The first-order valence-corrected chi connectivity index (χ1v) is 8.44. The Bertz CT molecular complexity index is 583.